The van der Waals surface area contributed by atoms with Crippen molar-refractivity contribution in [1.29, 1.82) is 0 Å². The van der Waals surface area contributed by atoms with E-state index in [4.69, 9.17) is 0 Å². The zero-order chi connectivity index (χ0) is 17.3. The second-order valence-electron chi connectivity index (χ2n) is 5.58. The van der Waals surface area contributed by atoms with Crippen LogP contribution < -0.4 is 5.32 Å². The molecule has 1 aromatic carbocycles. The molecule has 128 valence electrons. The van der Waals surface area contributed by atoms with E-state index in [1.165, 1.54) is 23.9 Å². The summed E-state index contributed by atoms with van der Waals surface area (Å²) in [7, 11) is 0. The maximum absolute atomic E-state index is 12.5. The van der Waals surface area contributed by atoms with Gasteiger partial charge in [-0.3, -0.25) is 4.79 Å². The molecule has 0 bridgehead atoms. The second kappa shape index (κ2) is 6.46. The minimum Gasteiger partial charge on any atom is -0.325 e. The van der Waals surface area contributed by atoms with Gasteiger partial charge in [0.15, 0.2) is 5.16 Å². The highest BCUT2D eigenvalue weighted by atomic mass is 32.2. The number of thioether (sulfide) groups is 1. The van der Waals surface area contributed by atoms with Gasteiger partial charge >= 0.3 is 6.18 Å². The fourth-order valence-electron chi connectivity index (χ4n) is 2.12. The molecule has 2 aromatic rings. The molecule has 9 heteroatoms. The van der Waals surface area contributed by atoms with Gasteiger partial charge in [-0.15, -0.1) is 10.2 Å². The Hall–Kier alpha value is -2.03. The van der Waals surface area contributed by atoms with Gasteiger partial charge in [-0.1, -0.05) is 11.8 Å². The number of nitrogens with zero attached hydrogens (tertiary/aromatic N) is 3. The highest BCUT2D eigenvalue weighted by Gasteiger charge is 2.30. The van der Waals surface area contributed by atoms with Gasteiger partial charge in [-0.2, -0.15) is 13.2 Å². The first-order valence-electron chi connectivity index (χ1n) is 7.39. The molecule has 3 rings (SSSR count). The molecule has 1 aliphatic rings. The number of amides is 1. The third-order valence-electron chi connectivity index (χ3n) is 3.61. The Morgan fingerprint density at radius 3 is 2.58 bits per heavy atom. The number of alkyl halides is 3. The fraction of sp³-hybridized carbons (Fsp3) is 0.400. The monoisotopic (exact) mass is 356 g/mol. The normalized spacial score (nSPS) is 16.0. The van der Waals surface area contributed by atoms with E-state index in [0.717, 1.165) is 25.0 Å². The lowest BCUT2D eigenvalue weighted by Crippen LogP contribution is -2.23. The number of aromatic nitrogens is 3. The Kier molecular flexibility index (Phi) is 4.53. The molecule has 1 fully saturated rings. The maximum atomic E-state index is 12.5. The summed E-state index contributed by atoms with van der Waals surface area (Å²) in [6.07, 6.45) is -0.575. The van der Waals surface area contributed by atoms with Gasteiger partial charge in [-0.05, 0) is 44.0 Å². The number of hydrogen-bond donors (Lipinski definition) is 1. The summed E-state index contributed by atoms with van der Waals surface area (Å²) in [6, 6.07) is 4.77. The molecule has 5 nitrogen and oxygen atoms in total. The van der Waals surface area contributed by atoms with Crippen LogP contribution in [0.1, 0.15) is 31.4 Å². The molecule has 24 heavy (non-hydrogen) atoms. The smallest absolute Gasteiger partial charge is 0.325 e. The molecule has 1 aromatic heterocycles. The van der Waals surface area contributed by atoms with Crippen LogP contribution in [0.15, 0.2) is 35.7 Å². The van der Waals surface area contributed by atoms with Crippen molar-refractivity contribution in [3.05, 3.63) is 36.2 Å². The second-order valence-corrected chi connectivity index (χ2v) is 6.88. The number of carbonyl (C=O) groups is 1. The van der Waals surface area contributed by atoms with E-state index < -0.39 is 17.0 Å². The van der Waals surface area contributed by atoms with Gasteiger partial charge in [0.2, 0.25) is 5.91 Å². The zero-order valence-electron chi connectivity index (χ0n) is 12.7. The SMILES string of the molecule is C[C@H](Sc1nncn1C1CC1)C(=O)Nc1ccc(C(F)(F)F)cc1. The van der Waals surface area contributed by atoms with Crippen molar-refractivity contribution in [3.8, 4) is 0 Å². The lowest BCUT2D eigenvalue weighted by Gasteiger charge is -2.13. The Morgan fingerprint density at radius 1 is 1.33 bits per heavy atom. The lowest BCUT2D eigenvalue weighted by atomic mass is 10.2. The first kappa shape index (κ1) is 16.8. The van der Waals surface area contributed by atoms with Crippen LogP contribution >= 0.6 is 11.8 Å². The molecule has 0 unspecified atom stereocenters. The van der Waals surface area contributed by atoms with E-state index in [1.54, 1.807) is 13.3 Å². The van der Waals surface area contributed by atoms with Crippen molar-refractivity contribution in [3.63, 3.8) is 0 Å². The van der Waals surface area contributed by atoms with Gasteiger partial charge < -0.3 is 9.88 Å². The number of rotatable bonds is 5. The average molecular weight is 356 g/mol. The van der Waals surface area contributed by atoms with E-state index in [1.807, 2.05) is 4.57 Å². The molecule has 1 aliphatic carbocycles. The Balaban J connectivity index is 1.60. The topological polar surface area (TPSA) is 59.8 Å². The van der Waals surface area contributed by atoms with Crippen molar-refractivity contribution < 1.29 is 18.0 Å². The molecule has 1 saturated carbocycles. The average Bonchev–Trinajstić information content (AvgIpc) is 3.27. The van der Waals surface area contributed by atoms with Crippen LogP contribution in [0.2, 0.25) is 0 Å². The predicted octanol–water partition coefficient (Wildman–Crippen LogP) is 3.75. The molecule has 0 saturated heterocycles. The summed E-state index contributed by atoms with van der Waals surface area (Å²) < 4.78 is 39.5. The first-order valence-corrected chi connectivity index (χ1v) is 8.27. The Morgan fingerprint density at radius 2 is 2.00 bits per heavy atom. The van der Waals surface area contributed by atoms with E-state index in [-0.39, 0.29) is 5.91 Å². The number of hydrogen-bond acceptors (Lipinski definition) is 4. The van der Waals surface area contributed by atoms with Crippen LogP contribution in [0.5, 0.6) is 0 Å². The molecule has 0 aliphatic heterocycles. The zero-order valence-corrected chi connectivity index (χ0v) is 13.6. The quantitative estimate of drug-likeness (QED) is 0.829. The van der Waals surface area contributed by atoms with Gasteiger partial charge in [0, 0.05) is 11.7 Å². The molecule has 0 spiro atoms. The molecule has 1 atom stereocenters. The van der Waals surface area contributed by atoms with Crippen molar-refractivity contribution in [2.45, 2.75) is 42.4 Å². The largest absolute Gasteiger partial charge is 0.416 e. The van der Waals surface area contributed by atoms with Crippen molar-refractivity contribution in [2.24, 2.45) is 0 Å². The van der Waals surface area contributed by atoms with E-state index in [9.17, 15) is 18.0 Å². The minimum atomic E-state index is -4.39. The standard InChI is InChI=1S/C15H15F3N4OS/c1-9(24-14-21-19-8-22(14)12-6-7-12)13(23)20-11-4-2-10(3-5-11)15(16,17)18/h2-5,8-9,12H,6-7H2,1H3,(H,20,23)/t9-/m0/s1. The van der Waals surface area contributed by atoms with Gasteiger partial charge in [0.1, 0.15) is 6.33 Å². The van der Waals surface area contributed by atoms with Gasteiger partial charge in [0.05, 0.1) is 10.8 Å². The van der Waals surface area contributed by atoms with Crippen LogP contribution in [0, 0.1) is 0 Å². The predicted molar refractivity (Wildman–Crippen MR) is 83.7 cm³/mol. The highest BCUT2D eigenvalue weighted by molar-refractivity contribution is 8.00. The summed E-state index contributed by atoms with van der Waals surface area (Å²) in [6.45, 7) is 1.72. The molecule has 1 heterocycles. The fourth-order valence-corrected chi connectivity index (χ4v) is 3.01. The minimum absolute atomic E-state index is 0.301. The van der Waals surface area contributed by atoms with Gasteiger partial charge in [0.25, 0.3) is 0 Å². The summed E-state index contributed by atoms with van der Waals surface area (Å²) >= 11 is 1.28. The number of halogens is 3. The van der Waals surface area contributed by atoms with Gasteiger partial charge in [-0.25, -0.2) is 0 Å². The Labute approximate surface area is 140 Å². The van der Waals surface area contributed by atoms with Crippen LogP contribution in [-0.2, 0) is 11.0 Å². The summed E-state index contributed by atoms with van der Waals surface area (Å²) in [5, 5.41) is 10.7. The van der Waals surface area contributed by atoms with Crippen LogP contribution in [0.25, 0.3) is 0 Å². The van der Waals surface area contributed by atoms with E-state index in [0.29, 0.717) is 16.9 Å². The van der Waals surface area contributed by atoms with Crippen molar-refractivity contribution in [2.75, 3.05) is 5.32 Å². The molecule has 1 amide bonds. The van der Waals surface area contributed by atoms with Crippen LogP contribution in [0.4, 0.5) is 18.9 Å². The number of carbonyl (C=O) groups excluding carboxylic acids is 1. The molecular weight excluding hydrogens is 341 g/mol. The molecule has 0 radical (unpaired) electrons. The van der Waals surface area contributed by atoms with Crippen LogP contribution in [0.3, 0.4) is 0 Å². The van der Waals surface area contributed by atoms with Crippen molar-refractivity contribution in [1.82, 2.24) is 14.8 Å². The first-order chi connectivity index (χ1) is 11.3. The summed E-state index contributed by atoms with van der Waals surface area (Å²) in [5.41, 5.74) is -0.426. The Bertz CT molecular complexity index is 725. The number of nitrogens with one attached hydrogen (secondary N) is 1. The number of benzene rings is 1. The molecule has 1 N–H and O–H groups in total. The third kappa shape index (κ3) is 3.89. The molecular formula is C15H15F3N4OS. The third-order valence-corrected chi connectivity index (χ3v) is 4.68. The van der Waals surface area contributed by atoms with E-state index in [2.05, 4.69) is 15.5 Å². The summed E-state index contributed by atoms with van der Waals surface area (Å²) in [4.78, 5) is 12.2. The highest BCUT2D eigenvalue weighted by Crippen LogP contribution is 2.38. The lowest BCUT2D eigenvalue weighted by molar-refractivity contribution is -0.137. The van der Waals surface area contributed by atoms with Crippen molar-refractivity contribution >= 4 is 23.4 Å². The van der Waals surface area contributed by atoms with E-state index >= 15 is 0 Å². The summed E-state index contributed by atoms with van der Waals surface area (Å²) in [5.74, 6) is -0.301. The number of anilines is 1. The maximum Gasteiger partial charge on any atom is 0.416 e. The van der Waals surface area contributed by atoms with Crippen LogP contribution in [-0.4, -0.2) is 25.9 Å².